The van der Waals surface area contributed by atoms with E-state index < -0.39 is 0 Å². The highest BCUT2D eigenvalue weighted by Gasteiger charge is 2.19. The fraction of sp³-hybridized carbons (Fsp3) is 0.167. The van der Waals surface area contributed by atoms with Crippen molar-refractivity contribution in [2.24, 2.45) is 0 Å². The quantitative estimate of drug-likeness (QED) is 0.624. The van der Waals surface area contributed by atoms with Gasteiger partial charge >= 0.3 is 0 Å². The molecule has 0 unspecified atom stereocenters. The van der Waals surface area contributed by atoms with E-state index in [1.165, 1.54) is 34.2 Å². The summed E-state index contributed by atoms with van der Waals surface area (Å²) in [5, 5.41) is 1.29. The third-order valence-electron chi connectivity index (χ3n) is 3.98. The lowest BCUT2D eigenvalue weighted by atomic mass is 9.95. The molecule has 0 fully saturated rings. The fourth-order valence-corrected chi connectivity index (χ4v) is 3.15. The van der Waals surface area contributed by atoms with Gasteiger partial charge in [-0.3, -0.25) is 4.98 Å². The zero-order chi connectivity index (χ0) is 12.7. The van der Waals surface area contributed by atoms with Gasteiger partial charge in [-0.1, -0.05) is 48.5 Å². The number of fused-ring (bicyclic) bond motifs is 2. The van der Waals surface area contributed by atoms with Crippen molar-refractivity contribution in [1.82, 2.24) is 4.98 Å². The van der Waals surface area contributed by atoms with Crippen molar-refractivity contribution in [2.45, 2.75) is 19.3 Å². The largest absolute Gasteiger partial charge is 0.253 e. The molecule has 1 aliphatic carbocycles. The van der Waals surface area contributed by atoms with Gasteiger partial charge in [0.15, 0.2) is 0 Å². The van der Waals surface area contributed by atoms with E-state index >= 15 is 0 Å². The third-order valence-corrected chi connectivity index (χ3v) is 3.98. The van der Waals surface area contributed by atoms with E-state index in [0.29, 0.717) is 0 Å². The fourth-order valence-electron chi connectivity index (χ4n) is 3.15. The second-order valence-corrected chi connectivity index (χ2v) is 5.15. The highest BCUT2D eigenvalue weighted by molar-refractivity contribution is 5.96. The summed E-state index contributed by atoms with van der Waals surface area (Å²) in [6, 6.07) is 19.2. The molecule has 100 valence electrons. The molecule has 20 heavy (non-hydrogen) atoms. The van der Waals surface area contributed by atoms with Gasteiger partial charge in [0, 0.05) is 11.1 Å². The molecule has 3 aromatic rings. The second-order valence-electron chi connectivity index (χ2n) is 5.15. The summed E-state index contributed by atoms with van der Waals surface area (Å²) in [5.74, 6) is 0. The van der Waals surface area contributed by atoms with E-state index in [0.717, 1.165) is 18.4 Å². The lowest BCUT2D eigenvalue weighted by molar-refractivity contribution is 0.901. The predicted molar refractivity (Wildman–Crippen MR) is 86.5 cm³/mol. The summed E-state index contributed by atoms with van der Waals surface area (Å²) in [4.78, 5) is 4.84. The molecule has 0 bridgehead atoms. The molecule has 0 radical (unpaired) electrons. The van der Waals surface area contributed by atoms with Gasteiger partial charge in [-0.05, 0) is 42.0 Å². The summed E-state index contributed by atoms with van der Waals surface area (Å²) < 4.78 is 0. The van der Waals surface area contributed by atoms with Crippen LogP contribution in [0.25, 0.3) is 22.0 Å². The van der Waals surface area contributed by atoms with Crippen molar-refractivity contribution in [1.29, 1.82) is 0 Å². The van der Waals surface area contributed by atoms with Crippen LogP contribution in [0.2, 0.25) is 0 Å². The lowest BCUT2D eigenvalue weighted by Gasteiger charge is -2.12. The molecule has 1 heterocycles. The maximum absolute atomic E-state index is 4.84. The molecule has 0 N–H and O–H groups in total. The molecule has 1 aliphatic rings. The SMILES string of the molecule is Cl.c1ccc(-c2c3c(nc4ccccc24)CCC3)cc1. The molecular formula is C18H16ClN. The predicted octanol–water partition coefficient (Wildman–Crippen LogP) is 4.81. The summed E-state index contributed by atoms with van der Waals surface area (Å²) in [6.45, 7) is 0. The van der Waals surface area contributed by atoms with Crippen LogP contribution in [0.3, 0.4) is 0 Å². The van der Waals surface area contributed by atoms with Crippen LogP contribution in [0, 0.1) is 0 Å². The van der Waals surface area contributed by atoms with Gasteiger partial charge in [0.1, 0.15) is 0 Å². The first kappa shape index (κ1) is 13.1. The minimum Gasteiger partial charge on any atom is -0.253 e. The van der Waals surface area contributed by atoms with E-state index in [-0.39, 0.29) is 12.4 Å². The van der Waals surface area contributed by atoms with E-state index in [1.807, 2.05) is 0 Å². The topological polar surface area (TPSA) is 12.9 Å². The standard InChI is InChI=1S/C18H15N.ClH/c1-2-7-13(8-3-1)18-14-9-4-5-11-16(14)19-17-12-6-10-15(17)18;/h1-5,7-9,11H,6,10,12H2;1H. The Balaban J connectivity index is 0.00000121. The molecule has 1 aromatic heterocycles. The number of aromatic nitrogens is 1. The molecule has 0 atom stereocenters. The van der Waals surface area contributed by atoms with Gasteiger partial charge in [0.05, 0.1) is 5.52 Å². The molecular weight excluding hydrogens is 266 g/mol. The van der Waals surface area contributed by atoms with Crippen LogP contribution < -0.4 is 0 Å². The molecule has 0 saturated heterocycles. The molecule has 2 heteroatoms. The molecule has 2 aromatic carbocycles. The molecule has 0 saturated carbocycles. The number of benzene rings is 2. The summed E-state index contributed by atoms with van der Waals surface area (Å²) >= 11 is 0. The first-order valence-corrected chi connectivity index (χ1v) is 6.89. The number of rotatable bonds is 1. The molecule has 0 aliphatic heterocycles. The Morgan fingerprint density at radius 3 is 2.40 bits per heavy atom. The van der Waals surface area contributed by atoms with Crippen molar-refractivity contribution >= 4 is 23.3 Å². The normalized spacial score (nSPS) is 13.0. The number of aryl methyl sites for hydroxylation is 1. The Morgan fingerprint density at radius 1 is 0.800 bits per heavy atom. The molecule has 1 nitrogen and oxygen atoms in total. The molecule has 4 rings (SSSR count). The van der Waals surface area contributed by atoms with E-state index in [9.17, 15) is 0 Å². The lowest BCUT2D eigenvalue weighted by Crippen LogP contribution is -1.95. The second kappa shape index (κ2) is 5.26. The smallest absolute Gasteiger partial charge is 0.0711 e. The molecule has 0 spiro atoms. The first-order valence-electron chi connectivity index (χ1n) is 6.89. The monoisotopic (exact) mass is 281 g/mol. The molecule has 0 amide bonds. The van der Waals surface area contributed by atoms with Crippen LogP contribution in [0.1, 0.15) is 17.7 Å². The van der Waals surface area contributed by atoms with E-state index in [2.05, 4.69) is 54.6 Å². The van der Waals surface area contributed by atoms with E-state index in [4.69, 9.17) is 4.98 Å². The van der Waals surface area contributed by atoms with Crippen LogP contribution in [0.4, 0.5) is 0 Å². The maximum Gasteiger partial charge on any atom is 0.0711 e. The maximum atomic E-state index is 4.84. The van der Waals surface area contributed by atoms with Gasteiger partial charge in [0.25, 0.3) is 0 Å². The van der Waals surface area contributed by atoms with Crippen molar-refractivity contribution in [3.05, 3.63) is 65.9 Å². The Morgan fingerprint density at radius 2 is 1.55 bits per heavy atom. The van der Waals surface area contributed by atoms with Crippen LogP contribution in [0.15, 0.2) is 54.6 Å². The van der Waals surface area contributed by atoms with Crippen molar-refractivity contribution in [3.8, 4) is 11.1 Å². The number of halogens is 1. The Labute approximate surface area is 125 Å². The zero-order valence-corrected chi connectivity index (χ0v) is 12.0. The number of para-hydroxylation sites is 1. The summed E-state index contributed by atoms with van der Waals surface area (Å²) in [7, 11) is 0. The third kappa shape index (κ3) is 1.99. The number of pyridine rings is 1. The van der Waals surface area contributed by atoms with E-state index in [1.54, 1.807) is 0 Å². The van der Waals surface area contributed by atoms with Crippen LogP contribution in [-0.2, 0) is 12.8 Å². The van der Waals surface area contributed by atoms with Crippen LogP contribution >= 0.6 is 12.4 Å². The van der Waals surface area contributed by atoms with Crippen molar-refractivity contribution in [2.75, 3.05) is 0 Å². The van der Waals surface area contributed by atoms with Crippen molar-refractivity contribution < 1.29 is 0 Å². The minimum absolute atomic E-state index is 0. The Kier molecular flexibility index (Phi) is 3.45. The summed E-state index contributed by atoms with van der Waals surface area (Å²) in [5.41, 5.74) is 6.61. The van der Waals surface area contributed by atoms with Gasteiger partial charge in [0.2, 0.25) is 0 Å². The Bertz CT molecular complexity index is 750. The number of hydrogen-bond acceptors (Lipinski definition) is 1. The number of hydrogen-bond donors (Lipinski definition) is 0. The average Bonchev–Trinajstić information content (AvgIpc) is 2.93. The average molecular weight is 282 g/mol. The zero-order valence-electron chi connectivity index (χ0n) is 11.2. The van der Waals surface area contributed by atoms with Gasteiger partial charge in [-0.2, -0.15) is 0 Å². The highest BCUT2D eigenvalue weighted by atomic mass is 35.5. The van der Waals surface area contributed by atoms with Crippen LogP contribution in [-0.4, -0.2) is 4.98 Å². The number of nitrogens with zero attached hydrogens (tertiary/aromatic N) is 1. The Hall–Kier alpha value is -1.86. The minimum atomic E-state index is 0. The van der Waals surface area contributed by atoms with Gasteiger partial charge in [-0.15, -0.1) is 12.4 Å². The summed E-state index contributed by atoms with van der Waals surface area (Å²) in [6.07, 6.45) is 3.52. The first-order chi connectivity index (χ1) is 9.43. The van der Waals surface area contributed by atoms with Crippen LogP contribution in [0.5, 0.6) is 0 Å². The van der Waals surface area contributed by atoms with Crippen molar-refractivity contribution in [3.63, 3.8) is 0 Å². The van der Waals surface area contributed by atoms with Gasteiger partial charge < -0.3 is 0 Å². The van der Waals surface area contributed by atoms with Gasteiger partial charge in [-0.25, -0.2) is 0 Å². The highest BCUT2D eigenvalue weighted by Crippen LogP contribution is 2.36.